The smallest absolute Gasteiger partial charge is 0.153 e. The predicted octanol–water partition coefficient (Wildman–Crippen LogP) is 3.18. The lowest BCUT2D eigenvalue weighted by Gasteiger charge is -2.04. The van der Waals surface area contributed by atoms with Gasteiger partial charge in [-0.15, -0.1) is 0 Å². The van der Waals surface area contributed by atoms with Gasteiger partial charge in [-0.25, -0.2) is 0 Å². The Balaban J connectivity index is 3.94. The molecule has 0 rings (SSSR count). The molecule has 0 amide bonds. The zero-order chi connectivity index (χ0) is 10.1. The quantitative estimate of drug-likeness (QED) is 0.436. The first-order valence-corrected chi connectivity index (χ1v) is 6.27. The Labute approximate surface area is 90.6 Å². The fraction of sp³-hybridized carbons (Fsp3) is 0.778. The lowest BCUT2D eigenvalue weighted by Crippen LogP contribution is -2.14. The van der Waals surface area contributed by atoms with Crippen molar-refractivity contribution in [3.8, 4) is 0 Å². The van der Waals surface area contributed by atoms with E-state index < -0.39 is 0 Å². The SMILES string of the molecule is CCCC(CCC)=NNC(=S)SC. The van der Waals surface area contributed by atoms with E-state index in [-0.39, 0.29) is 0 Å². The van der Waals surface area contributed by atoms with E-state index in [0.29, 0.717) is 0 Å². The summed E-state index contributed by atoms with van der Waals surface area (Å²) in [4.78, 5) is 0. The Bertz CT molecular complexity index is 170. The molecule has 0 heterocycles. The molecule has 0 aromatic rings. The molecule has 2 nitrogen and oxygen atoms in total. The van der Waals surface area contributed by atoms with E-state index in [1.807, 2.05) is 6.26 Å². The average molecular weight is 218 g/mol. The van der Waals surface area contributed by atoms with Gasteiger partial charge in [0, 0.05) is 5.71 Å². The molecule has 1 N–H and O–H groups in total. The Kier molecular flexibility index (Phi) is 8.45. The molecule has 76 valence electrons. The largest absolute Gasteiger partial charge is 0.262 e. The first-order valence-electron chi connectivity index (χ1n) is 4.64. The van der Waals surface area contributed by atoms with Crippen LogP contribution in [0.4, 0.5) is 0 Å². The van der Waals surface area contributed by atoms with Gasteiger partial charge in [-0.2, -0.15) is 5.10 Å². The summed E-state index contributed by atoms with van der Waals surface area (Å²) >= 11 is 6.50. The van der Waals surface area contributed by atoms with Crippen molar-refractivity contribution in [3.05, 3.63) is 0 Å². The first-order chi connectivity index (χ1) is 6.24. The molecule has 0 spiro atoms. The fourth-order valence-electron chi connectivity index (χ4n) is 0.984. The van der Waals surface area contributed by atoms with Crippen molar-refractivity contribution in [2.75, 3.05) is 6.26 Å². The summed E-state index contributed by atoms with van der Waals surface area (Å²) in [6.07, 6.45) is 6.37. The fourth-order valence-corrected chi connectivity index (χ4v) is 1.17. The molecule has 0 aromatic carbocycles. The number of thiocarbonyl (C=S) groups is 1. The molecule has 0 aliphatic carbocycles. The van der Waals surface area contributed by atoms with Gasteiger partial charge in [0.2, 0.25) is 0 Å². The second-order valence-electron chi connectivity index (χ2n) is 2.78. The highest BCUT2D eigenvalue weighted by Gasteiger charge is 1.97. The van der Waals surface area contributed by atoms with Gasteiger partial charge >= 0.3 is 0 Å². The van der Waals surface area contributed by atoms with E-state index in [0.717, 1.165) is 30.0 Å². The van der Waals surface area contributed by atoms with Crippen molar-refractivity contribution in [2.45, 2.75) is 39.5 Å². The molecule has 0 aromatic heterocycles. The minimum Gasteiger partial charge on any atom is -0.262 e. The van der Waals surface area contributed by atoms with Gasteiger partial charge < -0.3 is 0 Å². The molecule has 0 aliphatic rings. The third-order valence-corrected chi connectivity index (χ3v) is 2.62. The number of hydrogen-bond donors (Lipinski definition) is 1. The number of hydrogen-bond acceptors (Lipinski definition) is 3. The van der Waals surface area contributed by atoms with Crippen LogP contribution in [0.5, 0.6) is 0 Å². The van der Waals surface area contributed by atoms with Crippen LogP contribution in [0.25, 0.3) is 0 Å². The average Bonchev–Trinajstić information content (AvgIpc) is 2.14. The molecule has 4 heteroatoms. The van der Waals surface area contributed by atoms with E-state index in [4.69, 9.17) is 12.2 Å². The van der Waals surface area contributed by atoms with E-state index >= 15 is 0 Å². The zero-order valence-electron chi connectivity index (χ0n) is 8.59. The summed E-state index contributed by atoms with van der Waals surface area (Å²) in [5.41, 5.74) is 4.11. The van der Waals surface area contributed by atoms with Crippen molar-refractivity contribution in [1.29, 1.82) is 0 Å². The maximum atomic E-state index is 4.99. The summed E-state index contributed by atoms with van der Waals surface area (Å²) in [6, 6.07) is 0. The zero-order valence-corrected chi connectivity index (χ0v) is 10.2. The lowest BCUT2D eigenvalue weighted by molar-refractivity contribution is 0.887. The molecular weight excluding hydrogens is 200 g/mol. The number of nitrogens with zero attached hydrogens (tertiary/aromatic N) is 1. The number of hydrazone groups is 1. The van der Waals surface area contributed by atoms with Gasteiger partial charge in [-0.05, 0) is 19.1 Å². The second kappa shape index (κ2) is 8.51. The van der Waals surface area contributed by atoms with Crippen LogP contribution < -0.4 is 5.43 Å². The van der Waals surface area contributed by atoms with E-state index in [1.165, 1.54) is 17.5 Å². The molecule has 0 atom stereocenters. The maximum absolute atomic E-state index is 4.99. The van der Waals surface area contributed by atoms with Gasteiger partial charge in [0.1, 0.15) is 0 Å². The van der Waals surface area contributed by atoms with Crippen LogP contribution in [0.2, 0.25) is 0 Å². The second-order valence-corrected chi connectivity index (χ2v) is 4.26. The minimum atomic E-state index is 0.740. The number of rotatable bonds is 5. The first kappa shape index (κ1) is 12.9. The van der Waals surface area contributed by atoms with E-state index in [9.17, 15) is 0 Å². The predicted molar refractivity (Wildman–Crippen MR) is 66.5 cm³/mol. The molecule has 0 radical (unpaired) electrons. The summed E-state index contributed by atoms with van der Waals surface area (Å²) in [6.45, 7) is 4.33. The Hall–Kier alpha value is -0.0900. The van der Waals surface area contributed by atoms with Crippen LogP contribution in [0.3, 0.4) is 0 Å². The molecule has 0 aliphatic heterocycles. The highest BCUT2D eigenvalue weighted by Crippen LogP contribution is 2.01. The summed E-state index contributed by atoms with van der Waals surface area (Å²) in [5.74, 6) is 0. The van der Waals surface area contributed by atoms with Crippen LogP contribution in [0.1, 0.15) is 39.5 Å². The van der Waals surface area contributed by atoms with Crippen LogP contribution >= 0.6 is 24.0 Å². The Morgan fingerprint density at radius 1 is 1.31 bits per heavy atom. The van der Waals surface area contributed by atoms with Gasteiger partial charge in [0.25, 0.3) is 0 Å². The molecule has 13 heavy (non-hydrogen) atoms. The molecule has 0 unspecified atom stereocenters. The Morgan fingerprint density at radius 2 is 1.85 bits per heavy atom. The molecule has 0 saturated carbocycles. The minimum absolute atomic E-state index is 0.740. The number of nitrogens with one attached hydrogen (secondary N) is 1. The van der Waals surface area contributed by atoms with Gasteiger partial charge in [0.05, 0.1) is 0 Å². The summed E-state index contributed by atoms with van der Waals surface area (Å²) < 4.78 is 0.740. The van der Waals surface area contributed by atoms with Crippen LogP contribution in [-0.4, -0.2) is 16.3 Å². The van der Waals surface area contributed by atoms with Crippen molar-refractivity contribution >= 4 is 34.0 Å². The van der Waals surface area contributed by atoms with E-state index in [2.05, 4.69) is 24.4 Å². The molecule has 0 bridgehead atoms. The third-order valence-electron chi connectivity index (χ3n) is 1.57. The monoisotopic (exact) mass is 218 g/mol. The van der Waals surface area contributed by atoms with Gasteiger partial charge in [0.15, 0.2) is 4.32 Å². The maximum Gasteiger partial charge on any atom is 0.153 e. The van der Waals surface area contributed by atoms with Crippen molar-refractivity contribution < 1.29 is 0 Å². The van der Waals surface area contributed by atoms with Crippen LogP contribution in [-0.2, 0) is 0 Å². The van der Waals surface area contributed by atoms with Crippen LogP contribution in [0, 0.1) is 0 Å². The van der Waals surface area contributed by atoms with Crippen LogP contribution in [0.15, 0.2) is 5.10 Å². The van der Waals surface area contributed by atoms with Gasteiger partial charge in [-0.1, -0.05) is 50.7 Å². The molecule has 0 fully saturated rings. The van der Waals surface area contributed by atoms with Crippen molar-refractivity contribution in [2.24, 2.45) is 5.10 Å². The summed E-state index contributed by atoms with van der Waals surface area (Å²) in [5, 5.41) is 4.28. The standard InChI is InChI=1S/C9H18N2S2/c1-4-6-8(7-5-2)10-11-9(12)13-3/h4-7H2,1-3H3,(H,11,12). The van der Waals surface area contributed by atoms with Crippen molar-refractivity contribution in [3.63, 3.8) is 0 Å². The molecule has 0 saturated heterocycles. The Morgan fingerprint density at radius 3 is 2.23 bits per heavy atom. The highest BCUT2D eigenvalue weighted by molar-refractivity contribution is 8.22. The highest BCUT2D eigenvalue weighted by atomic mass is 32.2. The van der Waals surface area contributed by atoms with E-state index in [1.54, 1.807) is 0 Å². The van der Waals surface area contributed by atoms with Gasteiger partial charge in [-0.3, -0.25) is 5.43 Å². The summed E-state index contributed by atoms with van der Waals surface area (Å²) in [7, 11) is 0. The normalized spacial score (nSPS) is 9.46. The molecular formula is C9H18N2S2. The third kappa shape index (κ3) is 7.02. The van der Waals surface area contributed by atoms with Crippen molar-refractivity contribution in [1.82, 2.24) is 5.43 Å². The lowest BCUT2D eigenvalue weighted by atomic mass is 10.1. The topological polar surface area (TPSA) is 24.4 Å². The number of thioether (sulfide) groups is 1.